The molecular weight excluding hydrogens is 402 g/mol. The van der Waals surface area contributed by atoms with Gasteiger partial charge in [0.2, 0.25) is 0 Å². The Bertz CT molecular complexity index is 857. The first-order valence-corrected chi connectivity index (χ1v) is 11.9. The highest BCUT2D eigenvalue weighted by Crippen LogP contribution is 2.28. The van der Waals surface area contributed by atoms with E-state index in [1.54, 1.807) is 7.11 Å². The molecule has 0 unspecified atom stereocenters. The van der Waals surface area contributed by atoms with Crippen molar-refractivity contribution in [3.63, 3.8) is 0 Å². The molecule has 0 saturated carbocycles. The summed E-state index contributed by atoms with van der Waals surface area (Å²) in [6, 6.07) is 15.6. The quantitative estimate of drug-likeness (QED) is 0.586. The van der Waals surface area contributed by atoms with E-state index in [0.717, 1.165) is 48.8 Å². The molecule has 6 heteroatoms. The fourth-order valence-electron chi connectivity index (χ4n) is 4.58. The van der Waals surface area contributed by atoms with Crippen molar-refractivity contribution in [1.29, 1.82) is 0 Å². The zero-order valence-corrected chi connectivity index (χ0v) is 19.2. The van der Waals surface area contributed by atoms with Crippen LogP contribution in [0.1, 0.15) is 36.0 Å². The van der Waals surface area contributed by atoms with E-state index in [-0.39, 0.29) is 5.91 Å². The summed E-state index contributed by atoms with van der Waals surface area (Å²) in [5.41, 5.74) is 1.81. The highest BCUT2D eigenvalue weighted by atomic mass is 16.5. The van der Waals surface area contributed by atoms with Gasteiger partial charge in [0, 0.05) is 38.3 Å². The molecule has 0 aromatic heterocycles. The molecule has 0 bridgehead atoms. The molecule has 0 radical (unpaired) electrons. The van der Waals surface area contributed by atoms with Crippen molar-refractivity contribution in [2.45, 2.75) is 25.7 Å². The molecular formula is C26H35N3O3. The molecule has 0 atom stereocenters. The number of benzene rings is 2. The van der Waals surface area contributed by atoms with Crippen LogP contribution in [0.15, 0.2) is 48.5 Å². The van der Waals surface area contributed by atoms with Crippen LogP contribution in [0.3, 0.4) is 0 Å². The normalized spacial score (nSPS) is 17.3. The van der Waals surface area contributed by atoms with E-state index in [4.69, 9.17) is 9.47 Å². The number of carbonyl (C=O) groups is 1. The minimum atomic E-state index is 0.0846. The first-order chi connectivity index (χ1) is 15.7. The zero-order chi connectivity index (χ0) is 22.2. The number of methoxy groups -OCH3 is 1. The molecule has 2 heterocycles. The number of nitrogens with zero attached hydrogens (tertiary/aromatic N) is 3. The molecule has 32 heavy (non-hydrogen) atoms. The Morgan fingerprint density at radius 2 is 1.59 bits per heavy atom. The second kappa shape index (κ2) is 11.2. The Labute approximate surface area is 191 Å². The summed E-state index contributed by atoms with van der Waals surface area (Å²) < 4.78 is 11.4. The van der Waals surface area contributed by atoms with E-state index in [2.05, 4.69) is 15.9 Å². The third kappa shape index (κ3) is 5.74. The van der Waals surface area contributed by atoms with Gasteiger partial charge in [0.25, 0.3) is 5.91 Å². The summed E-state index contributed by atoms with van der Waals surface area (Å²) in [7, 11) is 1.70. The zero-order valence-electron chi connectivity index (χ0n) is 19.2. The minimum absolute atomic E-state index is 0.0846. The standard InChI is InChI=1S/C26H35N3O3/c1-31-25-9-4-3-8-24(25)28-17-19-29(20-18-28)26(30)22-10-12-23(13-11-22)32-21-7-16-27-14-5-2-6-15-27/h3-4,8-13H,2,5-7,14-21H2,1H3. The molecule has 2 saturated heterocycles. The summed E-state index contributed by atoms with van der Waals surface area (Å²) in [6.07, 6.45) is 5.06. The SMILES string of the molecule is COc1ccccc1N1CCN(C(=O)c2ccc(OCCCN3CCCCC3)cc2)CC1. The third-order valence-corrected chi connectivity index (χ3v) is 6.43. The lowest BCUT2D eigenvalue weighted by Crippen LogP contribution is -2.48. The number of hydrogen-bond donors (Lipinski definition) is 0. The second-order valence-electron chi connectivity index (χ2n) is 8.58. The van der Waals surface area contributed by atoms with E-state index >= 15 is 0 Å². The number of anilines is 1. The van der Waals surface area contributed by atoms with Gasteiger partial charge in [-0.3, -0.25) is 4.79 Å². The maximum Gasteiger partial charge on any atom is 0.253 e. The molecule has 2 aromatic rings. The number of para-hydroxylation sites is 2. The van der Waals surface area contributed by atoms with Crippen molar-refractivity contribution in [3.8, 4) is 11.5 Å². The number of rotatable bonds is 8. The average Bonchev–Trinajstić information content (AvgIpc) is 2.87. The highest BCUT2D eigenvalue weighted by Gasteiger charge is 2.23. The Kier molecular flexibility index (Phi) is 7.88. The lowest BCUT2D eigenvalue weighted by atomic mass is 10.1. The van der Waals surface area contributed by atoms with Crippen molar-refractivity contribution in [2.24, 2.45) is 0 Å². The number of amides is 1. The molecule has 0 spiro atoms. The number of piperidine rings is 1. The van der Waals surface area contributed by atoms with Crippen molar-refractivity contribution < 1.29 is 14.3 Å². The number of likely N-dealkylation sites (tertiary alicyclic amines) is 1. The lowest BCUT2D eigenvalue weighted by Gasteiger charge is -2.36. The summed E-state index contributed by atoms with van der Waals surface area (Å²) in [5.74, 6) is 1.79. The van der Waals surface area contributed by atoms with Gasteiger partial charge in [-0.15, -0.1) is 0 Å². The smallest absolute Gasteiger partial charge is 0.253 e. The minimum Gasteiger partial charge on any atom is -0.495 e. The Hall–Kier alpha value is -2.73. The summed E-state index contributed by atoms with van der Waals surface area (Å²) >= 11 is 0. The van der Waals surface area contributed by atoms with E-state index in [0.29, 0.717) is 19.7 Å². The lowest BCUT2D eigenvalue weighted by molar-refractivity contribution is 0.0746. The van der Waals surface area contributed by atoms with Gasteiger partial charge in [0.05, 0.1) is 19.4 Å². The van der Waals surface area contributed by atoms with Crippen LogP contribution in [0.4, 0.5) is 5.69 Å². The molecule has 1 amide bonds. The topological polar surface area (TPSA) is 45.3 Å². The molecule has 172 valence electrons. The molecule has 6 nitrogen and oxygen atoms in total. The van der Waals surface area contributed by atoms with Gasteiger partial charge in [0.1, 0.15) is 11.5 Å². The van der Waals surface area contributed by atoms with Crippen LogP contribution in [0.5, 0.6) is 11.5 Å². The van der Waals surface area contributed by atoms with Crippen LogP contribution < -0.4 is 14.4 Å². The van der Waals surface area contributed by atoms with Gasteiger partial charge in [-0.25, -0.2) is 0 Å². The van der Waals surface area contributed by atoms with Crippen LogP contribution in [0.2, 0.25) is 0 Å². The molecule has 2 fully saturated rings. The predicted molar refractivity (Wildman–Crippen MR) is 128 cm³/mol. The number of carbonyl (C=O) groups excluding carboxylic acids is 1. The fraction of sp³-hybridized carbons (Fsp3) is 0.500. The molecule has 2 aliphatic rings. The maximum atomic E-state index is 12.9. The van der Waals surface area contributed by atoms with Gasteiger partial charge < -0.3 is 24.2 Å². The average molecular weight is 438 g/mol. The molecule has 0 N–H and O–H groups in total. The van der Waals surface area contributed by atoms with Gasteiger partial charge >= 0.3 is 0 Å². The van der Waals surface area contributed by atoms with Gasteiger partial charge in [0.15, 0.2) is 0 Å². The number of piperazine rings is 1. The Balaban J connectivity index is 1.22. The monoisotopic (exact) mass is 437 g/mol. The van der Waals surface area contributed by atoms with Crippen LogP contribution >= 0.6 is 0 Å². The molecule has 4 rings (SSSR count). The highest BCUT2D eigenvalue weighted by molar-refractivity contribution is 5.94. The third-order valence-electron chi connectivity index (χ3n) is 6.43. The van der Waals surface area contributed by atoms with E-state index in [9.17, 15) is 4.79 Å². The van der Waals surface area contributed by atoms with Crippen LogP contribution in [-0.4, -0.2) is 75.2 Å². The predicted octanol–water partition coefficient (Wildman–Crippen LogP) is 3.91. The number of hydrogen-bond acceptors (Lipinski definition) is 5. The van der Waals surface area contributed by atoms with Crippen LogP contribution in [0, 0.1) is 0 Å². The number of ether oxygens (including phenoxy) is 2. The maximum absolute atomic E-state index is 12.9. The van der Waals surface area contributed by atoms with Crippen molar-refractivity contribution in [1.82, 2.24) is 9.80 Å². The first kappa shape index (κ1) is 22.5. The Morgan fingerprint density at radius 3 is 2.31 bits per heavy atom. The van der Waals surface area contributed by atoms with E-state index in [1.165, 1.54) is 32.4 Å². The summed E-state index contributed by atoms with van der Waals surface area (Å²) in [4.78, 5) is 19.7. The van der Waals surface area contributed by atoms with Crippen molar-refractivity contribution in [2.75, 3.05) is 64.4 Å². The van der Waals surface area contributed by atoms with Crippen LogP contribution in [-0.2, 0) is 0 Å². The van der Waals surface area contributed by atoms with Crippen molar-refractivity contribution >= 4 is 11.6 Å². The Morgan fingerprint density at radius 1 is 0.875 bits per heavy atom. The fourth-order valence-corrected chi connectivity index (χ4v) is 4.58. The van der Waals surface area contributed by atoms with Crippen LogP contribution in [0.25, 0.3) is 0 Å². The largest absolute Gasteiger partial charge is 0.495 e. The van der Waals surface area contributed by atoms with Gasteiger partial charge in [-0.05, 0) is 68.8 Å². The summed E-state index contributed by atoms with van der Waals surface area (Å²) in [6.45, 7) is 7.27. The summed E-state index contributed by atoms with van der Waals surface area (Å²) in [5, 5.41) is 0. The van der Waals surface area contributed by atoms with Crippen molar-refractivity contribution in [3.05, 3.63) is 54.1 Å². The van der Waals surface area contributed by atoms with E-state index < -0.39 is 0 Å². The molecule has 2 aromatic carbocycles. The second-order valence-corrected chi connectivity index (χ2v) is 8.58. The van der Waals surface area contributed by atoms with Gasteiger partial charge in [-0.1, -0.05) is 18.6 Å². The first-order valence-electron chi connectivity index (χ1n) is 11.9. The molecule has 2 aliphatic heterocycles. The van der Waals surface area contributed by atoms with Gasteiger partial charge in [-0.2, -0.15) is 0 Å². The molecule has 0 aliphatic carbocycles. The van der Waals surface area contributed by atoms with E-state index in [1.807, 2.05) is 47.4 Å².